The topological polar surface area (TPSA) is 107 Å². The average molecular weight is 288 g/mol. The molecule has 9 heteroatoms. The molecule has 0 aromatic carbocycles. The molecule has 0 saturated carbocycles. The van der Waals surface area contributed by atoms with Crippen molar-refractivity contribution in [3.05, 3.63) is 34.5 Å². The second kappa shape index (κ2) is 5.21. The van der Waals surface area contributed by atoms with Crippen LogP contribution in [0.25, 0.3) is 5.95 Å². The maximum absolute atomic E-state index is 5.68. The lowest BCUT2D eigenvalue weighted by molar-refractivity contribution is 0.798. The van der Waals surface area contributed by atoms with Crippen molar-refractivity contribution < 1.29 is 0 Å². The van der Waals surface area contributed by atoms with Crippen LogP contribution >= 0.6 is 11.3 Å². The summed E-state index contributed by atoms with van der Waals surface area (Å²) in [5, 5.41) is 10.1. The minimum absolute atomic E-state index is 0.142. The molecule has 3 rings (SSSR count). The molecule has 102 valence electrons. The van der Waals surface area contributed by atoms with Crippen molar-refractivity contribution >= 4 is 23.2 Å². The van der Waals surface area contributed by atoms with Crippen LogP contribution in [-0.4, -0.2) is 29.7 Å². The zero-order valence-corrected chi connectivity index (χ0v) is 11.5. The van der Waals surface area contributed by atoms with E-state index in [1.807, 2.05) is 12.3 Å². The molecular formula is C11H12N8S. The van der Waals surface area contributed by atoms with Gasteiger partial charge in [-0.05, 0) is 13.0 Å². The number of hydrogen-bond acceptors (Lipinski definition) is 8. The van der Waals surface area contributed by atoms with Crippen LogP contribution in [0.2, 0.25) is 0 Å². The zero-order chi connectivity index (χ0) is 13.9. The summed E-state index contributed by atoms with van der Waals surface area (Å²) < 4.78 is 1.52. The number of thiazole rings is 1. The van der Waals surface area contributed by atoms with Gasteiger partial charge in [0, 0.05) is 23.5 Å². The molecule has 8 nitrogen and oxygen atoms in total. The summed E-state index contributed by atoms with van der Waals surface area (Å²) in [5.74, 6) is 0.916. The smallest absolute Gasteiger partial charge is 0.257 e. The molecule has 0 aliphatic carbocycles. The Labute approximate surface area is 118 Å². The van der Waals surface area contributed by atoms with Gasteiger partial charge in [0.25, 0.3) is 5.95 Å². The number of nitrogens with zero attached hydrogens (tertiary/aromatic N) is 6. The first-order valence-electron chi connectivity index (χ1n) is 5.87. The van der Waals surface area contributed by atoms with E-state index < -0.39 is 0 Å². The Kier molecular flexibility index (Phi) is 3.25. The predicted octanol–water partition coefficient (Wildman–Crippen LogP) is 1.02. The number of anilines is 2. The largest absolute Gasteiger partial charge is 0.368 e. The Morgan fingerprint density at radius 2 is 2.20 bits per heavy atom. The quantitative estimate of drug-likeness (QED) is 0.737. The number of nitrogens with one attached hydrogen (secondary N) is 1. The molecule has 0 radical (unpaired) electrons. The second-order valence-corrected chi connectivity index (χ2v) is 4.95. The molecule has 0 bridgehead atoms. The van der Waals surface area contributed by atoms with E-state index in [2.05, 4.69) is 30.4 Å². The molecule has 0 spiro atoms. The lowest BCUT2D eigenvalue weighted by atomic mass is 10.6. The van der Waals surface area contributed by atoms with E-state index in [9.17, 15) is 0 Å². The van der Waals surface area contributed by atoms with Crippen molar-refractivity contribution in [2.75, 3.05) is 11.1 Å². The molecule has 20 heavy (non-hydrogen) atoms. The van der Waals surface area contributed by atoms with Gasteiger partial charge < -0.3 is 11.1 Å². The van der Waals surface area contributed by atoms with Crippen molar-refractivity contribution in [2.45, 2.75) is 13.5 Å². The lowest BCUT2D eigenvalue weighted by Crippen LogP contribution is -2.11. The first kappa shape index (κ1) is 12.5. The van der Waals surface area contributed by atoms with Gasteiger partial charge in [-0.25, -0.2) is 9.67 Å². The van der Waals surface area contributed by atoms with Crippen molar-refractivity contribution in [2.24, 2.45) is 0 Å². The van der Waals surface area contributed by atoms with Gasteiger partial charge in [0.1, 0.15) is 5.01 Å². The minimum atomic E-state index is 0.142. The van der Waals surface area contributed by atoms with Crippen molar-refractivity contribution in [3.8, 4) is 5.95 Å². The Bertz CT molecular complexity index is 705. The predicted molar refractivity (Wildman–Crippen MR) is 75.5 cm³/mol. The van der Waals surface area contributed by atoms with Crippen LogP contribution in [0.3, 0.4) is 0 Å². The molecule has 0 fully saturated rings. The maximum Gasteiger partial charge on any atom is 0.257 e. The van der Waals surface area contributed by atoms with Gasteiger partial charge in [-0.3, -0.25) is 0 Å². The van der Waals surface area contributed by atoms with Crippen LogP contribution in [0.15, 0.2) is 23.8 Å². The molecule has 3 heterocycles. The number of aromatic nitrogens is 6. The fourth-order valence-corrected chi connectivity index (χ4v) is 2.30. The van der Waals surface area contributed by atoms with E-state index >= 15 is 0 Å². The van der Waals surface area contributed by atoms with Gasteiger partial charge in [-0.15, -0.1) is 11.3 Å². The summed E-state index contributed by atoms with van der Waals surface area (Å²) >= 11 is 1.58. The first-order chi connectivity index (χ1) is 9.70. The van der Waals surface area contributed by atoms with Gasteiger partial charge in [-0.1, -0.05) is 0 Å². The van der Waals surface area contributed by atoms with Crippen LogP contribution in [-0.2, 0) is 6.54 Å². The number of hydrogen-bond donors (Lipinski definition) is 2. The van der Waals surface area contributed by atoms with E-state index in [1.165, 1.54) is 4.68 Å². The third kappa shape index (κ3) is 2.72. The number of rotatable bonds is 4. The number of nitrogens with two attached hydrogens (primary N) is 1. The van der Waals surface area contributed by atoms with Gasteiger partial charge in [-0.2, -0.15) is 20.1 Å². The molecule has 3 aromatic heterocycles. The third-order valence-electron chi connectivity index (χ3n) is 2.41. The van der Waals surface area contributed by atoms with E-state index in [0.717, 1.165) is 10.7 Å². The fraction of sp³-hybridized carbons (Fsp3) is 0.182. The van der Waals surface area contributed by atoms with Gasteiger partial charge >= 0.3 is 0 Å². The Balaban J connectivity index is 1.79. The van der Waals surface area contributed by atoms with Crippen molar-refractivity contribution in [3.63, 3.8) is 0 Å². The molecule has 0 unspecified atom stereocenters. The van der Waals surface area contributed by atoms with Gasteiger partial charge in [0.05, 0.1) is 6.54 Å². The third-order valence-corrected chi connectivity index (χ3v) is 3.38. The van der Waals surface area contributed by atoms with Gasteiger partial charge in [0.2, 0.25) is 11.9 Å². The fourth-order valence-electron chi connectivity index (χ4n) is 1.59. The highest BCUT2D eigenvalue weighted by Crippen LogP contribution is 2.11. The molecule has 0 atom stereocenters. The molecule has 0 saturated heterocycles. The molecule has 0 aliphatic heterocycles. The number of nitrogen functional groups attached to an aromatic ring is 1. The second-order valence-electron chi connectivity index (χ2n) is 4.00. The molecular weight excluding hydrogens is 276 g/mol. The van der Waals surface area contributed by atoms with Crippen LogP contribution in [0.1, 0.15) is 10.7 Å². The monoisotopic (exact) mass is 288 g/mol. The summed E-state index contributed by atoms with van der Waals surface area (Å²) in [7, 11) is 0. The Morgan fingerprint density at radius 3 is 2.90 bits per heavy atom. The molecule has 3 aromatic rings. The average Bonchev–Trinajstić information content (AvgIpc) is 3.07. The van der Waals surface area contributed by atoms with E-state index in [1.54, 1.807) is 29.8 Å². The van der Waals surface area contributed by atoms with Crippen LogP contribution in [0.5, 0.6) is 0 Å². The van der Waals surface area contributed by atoms with Crippen LogP contribution < -0.4 is 11.1 Å². The lowest BCUT2D eigenvalue weighted by Gasteiger charge is -2.05. The van der Waals surface area contributed by atoms with E-state index in [0.29, 0.717) is 18.4 Å². The van der Waals surface area contributed by atoms with Crippen LogP contribution in [0.4, 0.5) is 11.9 Å². The highest BCUT2D eigenvalue weighted by atomic mass is 32.1. The summed E-state index contributed by atoms with van der Waals surface area (Å²) in [4.78, 5) is 16.7. The van der Waals surface area contributed by atoms with Gasteiger partial charge in [0.15, 0.2) is 0 Å². The summed E-state index contributed by atoms with van der Waals surface area (Å²) in [6.45, 7) is 2.50. The molecule has 0 aliphatic rings. The normalized spacial score (nSPS) is 10.7. The Morgan fingerprint density at radius 1 is 1.30 bits per heavy atom. The minimum Gasteiger partial charge on any atom is -0.368 e. The highest BCUT2D eigenvalue weighted by molar-refractivity contribution is 7.09. The first-order valence-corrected chi connectivity index (χ1v) is 6.75. The molecule has 0 amide bonds. The summed E-state index contributed by atoms with van der Waals surface area (Å²) in [6.07, 6.45) is 3.38. The van der Waals surface area contributed by atoms with E-state index in [-0.39, 0.29) is 5.95 Å². The maximum atomic E-state index is 5.68. The number of aryl methyl sites for hydroxylation is 1. The SMILES string of the molecule is Cc1csc(CNc2nc(N)nc(-n3cccn3)n2)n1. The van der Waals surface area contributed by atoms with Crippen molar-refractivity contribution in [1.82, 2.24) is 29.7 Å². The zero-order valence-electron chi connectivity index (χ0n) is 10.7. The standard InChI is InChI=1S/C11H12N8S/c1-7-6-20-8(15-7)5-13-10-16-9(12)17-11(18-10)19-4-2-3-14-19/h2-4,6H,5H2,1H3,(H3,12,13,16,17,18). The van der Waals surface area contributed by atoms with E-state index in [4.69, 9.17) is 5.73 Å². The highest BCUT2D eigenvalue weighted by Gasteiger charge is 2.07. The summed E-state index contributed by atoms with van der Waals surface area (Å²) in [6, 6.07) is 1.78. The molecule has 3 N–H and O–H groups in total. The Hall–Kier alpha value is -2.55. The van der Waals surface area contributed by atoms with Crippen LogP contribution in [0, 0.1) is 6.92 Å². The summed E-state index contributed by atoms with van der Waals surface area (Å²) in [5.41, 5.74) is 6.68. The van der Waals surface area contributed by atoms with Crippen molar-refractivity contribution in [1.29, 1.82) is 0 Å².